The smallest absolute Gasteiger partial charge is 0.146 e. The van der Waals surface area contributed by atoms with Crippen LogP contribution in [-0.4, -0.2) is 19.5 Å². The summed E-state index contributed by atoms with van der Waals surface area (Å²) in [7, 11) is 0. The first kappa shape index (κ1) is 10.6. The Labute approximate surface area is 94.4 Å². The van der Waals surface area contributed by atoms with Gasteiger partial charge in [0, 0.05) is 11.3 Å². The van der Waals surface area contributed by atoms with E-state index in [1.165, 1.54) is 6.33 Å². The molecule has 0 aliphatic heterocycles. The Morgan fingerprint density at radius 1 is 1.25 bits per heavy atom. The van der Waals surface area contributed by atoms with E-state index in [4.69, 9.17) is 5.73 Å². The van der Waals surface area contributed by atoms with Crippen LogP contribution in [0.5, 0.6) is 0 Å². The van der Waals surface area contributed by atoms with Gasteiger partial charge in [-0.1, -0.05) is 6.92 Å². The summed E-state index contributed by atoms with van der Waals surface area (Å²) in [5.74, 6) is 1.37. The number of aromatic nitrogens is 4. The van der Waals surface area contributed by atoms with Gasteiger partial charge in [-0.15, -0.1) is 0 Å². The van der Waals surface area contributed by atoms with Crippen LogP contribution in [0.1, 0.15) is 23.9 Å². The number of nitrogens with zero attached hydrogens (tertiary/aromatic N) is 4. The molecule has 0 saturated carbocycles. The van der Waals surface area contributed by atoms with E-state index in [0.29, 0.717) is 5.82 Å². The summed E-state index contributed by atoms with van der Waals surface area (Å²) in [4.78, 5) is 12.6. The van der Waals surface area contributed by atoms with Gasteiger partial charge in [0.25, 0.3) is 0 Å². The van der Waals surface area contributed by atoms with Crippen LogP contribution in [0.2, 0.25) is 0 Å². The Kier molecular flexibility index (Phi) is 2.60. The highest BCUT2D eigenvalue weighted by atomic mass is 15.1. The lowest BCUT2D eigenvalue weighted by molar-refractivity contribution is 0.900. The molecular formula is C11H15N5. The molecule has 0 atom stereocenters. The molecule has 0 unspecified atom stereocenters. The maximum absolute atomic E-state index is 5.84. The van der Waals surface area contributed by atoms with Crippen molar-refractivity contribution in [1.29, 1.82) is 0 Å². The lowest BCUT2D eigenvalue weighted by Gasteiger charge is -2.10. The van der Waals surface area contributed by atoms with Gasteiger partial charge >= 0.3 is 0 Å². The number of anilines is 1. The zero-order valence-electron chi connectivity index (χ0n) is 9.73. The molecule has 0 aliphatic rings. The minimum Gasteiger partial charge on any atom is -0.383 e. The maximum atomic E-state index is 5.84. The van der Waals surface area contributed by atoms with Gasteiger partial charge in [0.05, 0.1) is 5.69 Å². The minimum absolute atomic E-state index is 0.540. The Morgan fingerprint density at radius 3 is 2.56 bits per heavy atom. The van der Waals surface area contributed by atoms with E-state index in [1.807, 2.05) is 25.3 Å². The molecule has 0 spiro atoms. The highest BCUT2D eigenvalue weighted by Crippen LogP contribution is 2.19. The van der Waals surface area contributed by atoms with E-state index in [2.05, 4.69) is 15.0 Å². The number of imidazole rings is 1. The Morgan fingerprint density at radius 2 is 2.00 bits per heavy atom. The second kappa shape index (κ2) is 3.92. The third kappa shape index (κ3) is 1.54. The highest BCUT2D eigenvalue weighted by molar-refractivity contribution is 5.49. The van der Waals surface area contributed by atoms with Crippen molar-refractivity contribution >= 4 is 5.82 Å². The van der Waals surface area contributed by atoms with Gasteiger partial charge in [-0.25, -0.2) is 15.0 Å². The van der Waals surface area contributed by atoms with Crippen LogP contribution in [0.25, 0.3) is 5.82 Å². The van der Waals surface area contributed by atoms with Crippen LogP contribution in [0.4, 0.5) is 5.82 Å². The summed E-state index contributed by atoms with van der Waals surface area (Å²) in [5.41, 5.74) is 8.88. The lowest BCUT2D eigenvalue weighted by atomic mass is 10.2. The maximum Gasteiger partial charge on any atom is 0.146 e. The summed E-state index contributed by atoms with van der Waals surface area (Å²) in [5, 5.41) is 0. The third-order valence-corrected chi connectivity index (χ3v) is 2.79. The molecule has 2 N–H and O–H groups in total. The molecule has 2 rings (SSSR count). The summed E-state index contributed by atoms with van der Waals surface area (Å²) in [6.07, 6.45) is 4.06. The molecule has 0 bridgehead atoms. The van der Waals surface area contributed by atoms with Crippen molar-refractivity contribution in [2.45, 2.75) is 27.2 Å². The van der Waals surface area contributed by atoms with Gasteiger partial charge in [-0.2, -0.15) is 0 Å². The number of hydrogen-bond acceptors (Lipinski definition) is 4. The fraction of sp³-hybridized carbons (Fsp3) is 0.364. The van der Waals surface area contributed by atoms with E-state index in [0.717, 1.165) is 29.2 Å². The Bertz CT molecular complexity index is 515. The quantitative estimate of drug-likeness (QED) is 0.826. The third-order valence-electron chi connectivity index (χ3n) is 2.79. The zero-order chi connectivity index (χ0) is 11.7. The second-order valence-electron chi connectivity index (χ2n) is 3.70. The van der Waals surface area contributed by atoms with Gasteiger partial charge in [-0.3, -0.25) is 4.57 Å². The SMILES string of the molecule is CCc1c(N)ncnc1-n1cnc(C)c1C. The van der Waals surface area contributed by atoms with Crippen molar-refractivity contribution in [2.75, 3.05) is 5.73 Å². The van der Waals surface area contributed by atoms with E-state index < -0.39 is 0 Å². The predicted octanol–water partition coefficient (Wildman–Crippen LogP) is 1.42. The summed E-state index contributed by atoms with van der Waals surface area (Å²) < 4.78 is 1.95. The molecular weight excluding hydrogens is 202 g/mol. The van der Waals surface area contributed by atoms with E-state index >= 15 is 0 Å². The van der Waals surface area contributed by atoms with Gasteiger partial charge < -0.3 is 5.73 Å². The Hall–Kier alpha value is -1.91. The minimum atomic E-state index is 0.540. The van der Waals surface area contributed by atoms with Crippen LogP contribution in [0, 0.1) is 13.8 Å². The van der Waals surface area contributed by atoms with E-state index in [1.54, 1.807) is 6.33 Å². The molecule has 0 aliphatic carbocycles. The topological polar surface area (TPSA) is 69.6 Å². The molecule has 16 heavy (non-hydrogen) atoms. The van der Waals surface area contributed by atoms with Crippen LogP contribution >= 0.6 is 0 Å². The predicted molar refractivity (Wildman–Crippen MR) is 62.4 cm³/mol. The molecule has 5 heteroatoms. The number of nitrogen functional groups attached to an aromatic ring is 1. The van der Waals surface area contributed by atoms with Crippen molar-refractivity contribution in [1.82, 2.24) is 19.5 Å². The fourth-order valence-corrected chi connectivity index (χ4v) is 1.68. The average Bonchev–Trinajstić information content (AvgIpc) is 2.59. The van der Waals surface area contributed by atoms with E-state index in [9.17, 15) is 0 Å². The van der Waals surface area contributed by atoms with Crippen LogP contribution < -0.4 is 5.73 Å². The first-order valence-corrected chi connectivity index (χ1v) is 5.25. The Balaban J connectivity index is 2.64. The first-order valence-electron chi connectivity index (χ1n) is 5.25. The standard InChI is InChI=1S/C11H15N5/c1-4-9-10(12)13-5-14-11(9)16-6-15-7(2)8(16)3/h5-6H,4H2,1-3H3,(H2,12,13,14). The molecule has 5 nitrogen and oxygen atoms in total. The molecule has 2 heterocycles. The fourth-order valence-electron chi connectivity index (χ4n) is 1.68. The number of aryl methyl sites for hydroxylation is 1. The van der Waals surface area contributed by atoms with Crippen molar-refractivity contribution in [3.05, 3.63) is 29.6 Å². The monoisotopic (exact) mass is 217 g/mol. The summed E-state index contributed by atoms with van der Waals surface area (Å²) in [6.45, 7) is 6.03. The molecule has 0 amide bonds. The average molecular weight is 217 g/mol. The van der Waals surface area contributed by atoms with Crippen molar-refractivity contribution in [3.8, 4) is 5.82 Å². The zero-order valence-corrected chi connectivity index (χ0v) is 9.73. The number of hydrogen-bond donors (Lipinski definition) is 1. The molecule has 84 valence electrons. The van der Waals surface area contributed by atoms with Crippen molar-refractivity contribution < 1.29 is 0 Å². The number of rotatable bonds is 2. The molecule has 2 aromatic heterocycles. The molecule has 0 saturated heterocycles. The van der Waals surface area contributed by atoms with Crippen LogP contribution in [0.15, 0.2) is 12.7 Å². The molecule has 0 fully saturated rings. The van der Waals surface area contributed by atoms with Crippen molar-refractivity contribution in [2.24, 2.45) is 0 Å². The largest absolute Gasteiger partial charge is 0.383 e. The molecule has 0 aromatic carbocycles. The lowest BCUT2D eigenvalue weighted by Crippen LogP contribution is -2.07. The second-order valence-corrected chi connectivity index (χ2v) is 3.70. The van der Waals surface area contributed by atoms with Gasteiger partial charge in [-0.05, 0) is 20.3 Å². The van der Waals surface area contributed by atoms with Gasteiger partial charge in [0.1, 0.15) is 24.3 Å². The highest BCUT2D eigenvalue weighted by Gasteiger charge is 2.12. The summed E-state index contributed by atoms with van der Waals surface area (Å²) in [6, 6.07) is 0. The summed E-state index contributed by atoms with van der Waals surface area (Å²) >= 11 is 0. The number of nitrogens with two attached hydrogens (primary N) is 1. The van der Waals surface area contributed by atoms with Gasteiger partial charge in [0.2, 0.25) is 0 Å². The normalized spacial score (nSPS) is 10.7. The van der Waals surface area contributed by atoms with Gasteiger partial charge in [0.15, 0.2) is 0 Å². The van der Waals surface area contributed by atoms with Crippen molar-refractivity contribution in [3.63, 3.8) is 0 Å². The molecule has 2 aromatic rings. The van der Waals surface area contributed by atoms with Crippen LogP contribution in [0.3, 0.4) is 0 Å². The molecule has 0 radical (unpaired) electrons. The van der Waals surface area contributed by atoms with E-state index in [-0.39, 0.29) is 0 Å². The first-order chi connectivity index (χ1) is 7.65. The van der Waals surface area contributed by atoms with Crippen LogP contribution in [-0.2, 0) is 6.42 Å².